The molecule has 1 atom stereocenters. The molecule has 1 aliphatic rings. The lowest BCUT2D eigenvalue weighted by molar-refractivity contribution is 0.101. The lowest BCUT2D eigenvalue weighted by Gasteiger charge is -2.41. The Morgan fingerprint density at radius 3 is 2.57 bits per heavy atom. The largest absolute Gasteiger partial charge is 0.369 e. The fourth-order valence-electron chi connectivity index (χ4n) is 3.27. The molecule has 0 aliphatic carbocycles. The van der Waals surface area contributed by atoms with Gasteiger partial charge in [0.2, 0.25) is 0 Å². The second kappa shape index (κ2) is 6.59. The van der Waals surface area contributed by atoms with Crippen molar-refractivity contribution in [1.29, 1.82) is 0 Å². The maximum atomic E-state index is 11.5. The van der Waals surface area contributed by atoms with Crippen LogP contribution < -0.4 is 4.90 Å². The van der Waals surface area contributed by atoms with Gasteiger partial charge in [0.05, 0.1) is 0 Å². The lowest BCUT2D eigenvalue weighted by Crippen LogP contribution is -2.51. The van der Waals surface area contributed by atoms with Gasteiger partial charge in [-0.05, 0) is 32.0 Å². The van der Waals surface area contributed by atoms with Crippen molar-refractivity contribution in [1.82, 2.24) is 9.47 Å². The van der Waals surface area contributed by atoms with E-state index in [0.29, 0.717) is 6.04 Å². The van der Waals surface area contributed by atoms with Gasteiger partial charge in [-0.25, -0.2) is 0 Å². The third kappa shape index (κ3) is 3.48. The van der Waals surface area contributed by atoms with Gasteiger partial charge >= 0.3 is 0 Å². The van der Waals surface area contributed by atoms with E-state index in [4.69, 9.17) is 0 Å². The van der Waals surface area contributed by atoms with Crippen LogP contribution in [0.1, 0.15) is 29.9 Å². The first-order chi connectivity index (χ1) is 11.0. The van der Waals surface area contributed by atoms with Gasteiger partial charge in [0, 0.05) is 62.4 Å². The van der Waals surface area contributed by atoms with E-state index in [9.17, 15) is 4.79 Å². The SMILES string of the molecule is CC(=O)c1cc(CN2CCN(c3ccccc3)C[C@H]2C)n(C)c1. The van der Waals surface area contributed by atoms with E-state index in [-0.39, 0.29) is 5.78 Å². The predicted octanol–water partition coefficient (Wildman–Crippen LogP) is 2.94. The zero-order valence-electron chi connectivity index (χ0n) is 14.2. The minimum Gasteiger partial charge on any atom is -0.369 e. The lowest BCUT2D eigenvalue weighted by atomic mass is 10.1. The van der Waals surface area contributed by atoms with Crippen LogP contribution in [-0.4, -0.2) is 40.9 Å². The van der Waals surface area contributed by atoms with E-state index in [2.05, 4.69) is 51.6 Å². The molecule has 2 aromatic rings. The zero-order valence-corrected chi connectivity index (χ0v) is 14.2. The Morgan fingerprint density at radius 1 is 1.22 bits per heavy atom. The number of carbonyl (C=O) groups is 1. The standard InChI is InChI=1S/C19H25N3O/c1-15-12-22(18-7-5-4-6-8-18)10-9-21(15)14-19-11-17(16(2)23)13-20(19)3/h4-8,11,13,15H,9-10,12,14H2,1-3H3/t15-/m1/s1. The molecule has 3 rings (SSSR count). The van der Waals surface area contributed by atoms with Crippen molar-refractivity contribution in [2.45, 2.75) is 26.4 Å². The Morgan fingerprint density at radius 2 is 1.96 bits per heavy atom. The summed E-state index contributed by atoms with van der Waals surface area (Å²) < 4.78 is 2.08. The molecular formula is C19H25N3O. The second-order valence-corrected chi connectivity index (χ2v) is 6.49. The van der Waals surface area contributed by atoms with Crippen molar-refractivity contribution >= 4 is 11.5 Å². The molecule has 0 N–H and O–H groups in total. The monoisotopic (exact) mass is 311 g/mol. The Balaban J connectivity index is 1.66. The molecule has 23 heavy (non-hydrogen) atoms. The van der Waals surface area contributed by atoms with Gasteiger partial charge in [0.25, 0.3) is 0 Å². The molecule has 1 aromatic carbocycles. The van der Waals surface area contributed by atoms with Gasteiger partial charge in [0.1, 0.15) is 0 Å². The predicted molar refractivity (Wildman–Crippen MR) is 93.9 cm³/mol. The maximum Gasteiger partial charge on any atom is 0.161 e. The van der Waals surface area contributed by atoms with Crippen LogP contribution in [0.3, 0.4) is 0 Å². The summed E-state index contributed by atoms with van der Waals surface area (Å²) in [5, 5.41) is 0. The summed E-state index contributed by atoms with van der Waals surface area (Å²) in [7, 11) is 2.02. The highest BCUT2D eigenvalue weighted by molar-refractivity contribution is 5.94. The minimum atomic E-state index is 0.133. The van der Waals surface area contributed by atoms with Crippen LogP contribution in [0.15, 0.2) is 42.6 Å². The van der Waals surface area contributed by atoms with Crippen molar-refractivity contribution in [3.63, 3.8) is 0 Å². The maximum absolute atomic E-state index is 11.5. The van der Waals surface area contributed by atoms with E-state index in [1.807, 2.05) is 19.3 Å². The molecule has 122 valence electrons. The van der Waals surface area contributed by atoms with E-state index < -0.39 is 0 Å². The molecule has 1 fully saturated rings. The van der Waals surface area contributed by atoms with Crippen LogP contribution in [0.25, 0.3) is 0 Å². The number of rotatable bonds is 4. The smallest absolute Gasteiger partial charge is 0.161 e. The summed E-state index contributed by atoms with van der Waals surface area (Å²) in [6.07, 6.45) is 1.93. The Kier molecular flexibility index (Phi) is 4.53. The molecule has 0 radical (unpaired) electrons. The summed E-state index contributed by atoms with van der Waals surface area (Å²) in [5.74, 6) is 0.133. The number of carbonyl (C=O) groups excluding carboxylic acids is 1. The normalized spacial score (nSPS) is 19.1. The van der Waals surface area contributed by atoms with Gasteiger partial charge in [0.15, 0.2) is 5.78 Å². The van der Waals surface area contributed by atoms with Crippen LogP contribution in [0, 0.1) is 0 Å². The average molecular weight is 311 g/mol. The van der Waals surface area contributed by atoms with Gasteiger partial charge in [-0.3, -0.25) is 9.69 Å². The van der Waals surface area contributed by atoms with Gasteiger partial charge in [-0.15, -0.1) is 0 Å². The molecule has 0 bridgehead atoms. The minimum absolute atomic E-state index is 0.133. The molecule has 0 amide bonds. The molecule has 0 unspecified atom stereocenters. The van der Waals surface area contributed by atoms with Crippen molar-refractivity contribution in [2.75, 3.05) is 24.5 Å². The molecule has 1 aromatic heterocycles. The summed E-state index contributed by atoms with van der Waals surface area (Å²) in [6.45, 7) is 7.92. The number of hydrogen-bond donors (Lipinski definition) is 0. The number of aryl methyl sites for hydroxylation is 1. The summed E-state index contributed by atoms with van der Waals surface area (Å²) in [5.41, 5.74) is 3.31. The van der Waals surface area contributed by atoms with Crippen LogP contribution in [0.5, 0.6) is 0 Å². The molecule has 0 saturated carbocycles. The second-order valence-electron chi connectivity index (χ2n) is 6.49. The van der Waals surface area contributed by atoms with Crippen LogP contribution in [-0.2, 0) is 13.6 Å². The third-order valence-electron chi connectivity index (χ3n) is 4.77. The van der Waals surface area contributed by atoms with Gasteiger partial charge in [-0.1, -0.05) is 18.2 Å². The Hall–Kier alpha value is -2.07. The van der Waals surface area contributed by atoms with Crippen LogP contribution in [0.4, 0.5) is 5.69 Å². The number of para-hydroxylation sites is 1. The average Bonchev–Trinajstić information content (AvgIpc) is 2.91. The van der Waals surface area contributed by atoms with E-state index >= 15 is 0 Å². The quantitative estimate of drug-likeness (QED) is 0.813. The number of ketones is 1. The van der Waals surface area contributed by atoms with Crippen LogP contribution in [0.2, 0.25) is 0 Å². The van der Waals surface area contributed by atoms with Gasteiger partial charge in [-0.2, -0.15) is 0 Å². The Bertz CT molecular complexity index is 677. The first-order valence-corrected chi connectivity index (χ1v) is 8.25. The number of benzene rings is 1. The van der Waals surface area contributed by atoms with E-state index in [1.165, 1.54) is 11.4 Å². The highest BCUT2D eigenvalue weighted by Gasteiger charge is 2.24. The van der Waals surface area contributed by atoms with E-state index in [1.54, 1.807) is 6.92 Å². The fourth-order valence-corrected chi connectivity index (χ4v) is 3.27. The summed E-state index contributed by atoms with van der Waals surface area (Å²) >= 11 is 0. The third-order valence-corrected chi connectivity index (χ3v) is 4.77. The highest BCUT2D eigenvalue weighted by atomic mass is 16.1. The summed E-state index contributed by atoms with van der Waals surface area (Å²) in [4.78, 5) is 16.5. The first-order valence-electron chi connectivity index (χ1n) is 8.25. The van der Waals surface area contributed by atoms with Crippen LogP contribution >= 0.6 is 0 Å². The first kappa shape index (κ1) is 15.8. The fraction of sp³-hybridized carbons (Fsp3) is 0.421. The topological polar surface area (TPSA) is 28.5 Å². The molecule has 1 aliphatic heterocycles. The number of anilines is 1. The van der Waals surface area contributed by atoms with E-state index in [0.717, 1.165) is 31.7 Å². The number of hydrogen-bond acceptors (Lipinski definition) is 3. The van der Waals surface area contributed by atoms with Crippen molar-refractivity contribution in [3.05, 3.63) is 53.9 Å². The number of piperazine rings is 1. The number of nitrogens with zero attached hydrogens (tertiary/aromatic N) is 3. The zero-order chi connectivity index (χ0) is 16.4. The number of aromatic nitrogens is 1. The molecule has 0 spiro atoms. The highest BCUT2D eigenvalue weighted by Crippen LogP contribution is 2.20. The molecule has 4 heteroatoms. The van der Waals surface area contributed by atoms with Crippen molar-refractivity contribution in [2.24, 2.45) is 7.05 Å². The van der Waals surface area contributed by atoms with Gasteiger partial charge < -0.3 is 9.47 Å². The van der Waals surface area contributed by atoms with Crippen molar-refractivity contribution < 1.29 is 4.79 Å². The van der Waals surface area contributed by atoms with Crippen molar-refractivity contribution in [3.8, 4) is 0 Å². The molecular weight excluding hydrogens is 286 g/mol. The molecule has 2 heterocycles. The Labute approximate surface area is 138 Å². The summed E-state index contributed by atoms with van der Waals surface area (Å²) in [6, 6.07) is 13.1. The molecule has 4 nitrogen and oxygen atoms in total. The molecule has 1 saturated heterocycles. The number of Topliss-reactive ketones (excluding diaryl/α,β-unsaturated/α-hetero) is 1.